The van der Waals surface area contributed by atoms with Crippen LogP contribution in [0.3, 0.4) is 0 Å². The highest BCUT2D eigenvalue weighted by molar-refractivity contribution is 6.29. The van der Waals surface area contributed by atoms with E-state index < -0.39 is 6.61 Å². The first-order valence-electron chi connectivity index (χ1n) is 5.57. The van der Waals surface area contributed by atoms with Crippen LogP contribution in [-0.2, 0) is 0 Å². The normalized spacial score (nSPS) is 11.2. The molecule has 0 spiro atoms. The zero-order valence-electron chi connectivity index (χ0n) is 9.87. The van der Waals surface area contributed by atoms with Gasteiger partial charge in [-0.15, -0.1) is 10.2 Å². The molecule has 0 amide bonds. The van der Waals surface area contributed by atoms with Crippen molar-refractivity contribution in [3.05, 3.63) is 41.6 Å². The van der Waals surface area contributed by atoms with E-state index in [1.807, 2.05) is 0 Å². The number of benzene rings is 1. The molecule has 0 unspecified atom stereocenters. The minimum atomic E-state index is -2.92. The fourth-order valence-electron chi connectivity index (χ4n) is 1.78. The first kappa shape index (κ1) is 12.7. The average Bonchev–Trinajstić information content (AvgIpc) is 2.81. The van der Waals surface area contributed by atoms with Gasteiger partial charge in [0.05, 0.1) is 5.56 Å². The molecule has 0 radical (unpaired) electrons. The molecule has 2 heterocycles. The highest BCUT2D eigenvalue weighted by Gasteiger charge is 2.16. The zero-order chi connectivity index (χ0) is 14.1. The van der Waals surface area contributed by atoms with E-state index >= 15 is 0 Å². The van der Waals surface area contributed by atoms with E-state index in [0.29, 0.717) is 11.2 Å². The van der Waals surface area contributed by atoms with Crippen LogP contribution in [0.15, 0.2) is 36.4 Å². The molecule has 8 heteroatoms. The SMILES string of the molecule is FC(F)Oc1ccccc1-c1nnc2ccc(Cl)nn12. The maximum Gasteiger partial charge on any atom is 0.387 e. The molecule has 0 bridgehead atoms. The fourth-order valence-corrected chi connectivity index (χ4v) is 1.92. The molecule has 2 aromatic heterocycles. The summed E-state index contributed by atoms with van der Waals surface area (Å²) in [5.41, 5.74) is 0.811. The molecule has 0 N–H and O–H groups in total. The molecule has 0 fully saturated rings. The van der Waals surface area contributed by atoms with E-state index in [9.17, 15) is 8.78 Å². The second-order valence-electron chi connectivity index (χ2n) is 3.82. The third kappa shape index (κ3) is 2.27. The molecular weight excluding hydrogens is 290 g/mol. The summed E-state index contributed by atoms with van der Waals surface area (Å²) in [6.45, 7) is -2.92. The van der Waals surface area contributed by atoms with Crippen LogP contribution in [0.25, 0.3) is 17.0 Å². The van der Waals surface area contributed by atoms with Crippen LogP contribution in [0.5, 0.6) is 5.75 Å². The summed E-state index contributed by atoms with van der Waals surface area (Å²) < 4.78 is 30.7. The lowest BCUT2D eigenvalue weighted by atomic mass is 10.2. The van der Waals surface area contributed by atoms with Crippen LogP contribution in [0, 0.1) is 0 Å². The Hall–Kier alpha value is -2.28. The fraction of sp³-hybridized carbons (Fsp3) is 0.0833. The van der Waals surface area contributed by atoms with E-state index in [4.69, 9.17) is 11.6 Å². The van der Waals surface area contributed by atoms with Crippen molar-refractivity contribution in [3.63, 3.8) is 0 Å². The third-order valence-corrected chi connectivity index (χ3v) is 2.78. The summed E-state index contributed by atoms with van der Waals surface area (Å²) in [4.78, 5) is 0. The van der Waals surface area contributed by atoms with E-state index in [0.717, 1.165) is 0 Å². The Labute approximate surface area is 116 Å². The largest absolute Gasteiger partial charge is 0.434 e. The molecule has 102 valence electrons. The maximum absolute atomic E-state index is 12.4. The number of rotatable bonds is 3. The lowest BCUT2D eigenvalue weighted by molar-refractivity contribution is -0.0494. The molecule has 3 aromatic rings. The van der Waals surface area contributed by atoms with Crippen molar-refractivity contribution in [1.29, 1.82) is 0 Å². The molecule has 0 atom stereocenters. The van der Waals surface area contributed by atoms with Crippen LogP contribution in [0.1, 0.15) is 0 Å². The van der Waals surface area contributed by atoms with Crippen LogP contribution in [0.2, 0.25) is 5.15 Å². The number of hydrogen-bond donors (Lipinski definition) is 0. The zero-order valence-corrected chi connectivity index (χ0v) is 10.6. The van der Waals surface area contributed by atoms with E-state index in [-0.39, 0.29) is 16.7 Å². The first-order valence-corrected chi connectivity index (χ1v) is 5.95. The van der Waals surface area contributed by atoms with Gasteiger partial charge in [0, 0.05) is 0 Å². The number of hydrogen-bond acceptors (Lipinski definition) is 4. The molecule has 0 aliphatic heterocycles. The van der Waals surface area contributed by atoms with Crippen molar-refractivity contribution in [2.75, 3.05) is 0 Å². The molecule has 0 aliphatic carbocycles. The second kappa shape index (κ2) is 5.01. The van der Waals surface area contributed by atoms with Crippen LogP contribution >= 0.6 is 11.6 Å². The van der Waals surface area contributed by atoms with Gasteiger partial charge in [-0.3, -0.25) is 0 Å². The highest BCUT2D eigenvalue weighted by Crippen LogP contribution is 2.29. The summed E-state index contributed by atoms with van der Waals surface area (Å²) in [6, 6.07) is 9.48. The Morgan fingerprint density at radius 1 is 1.10 bits per heavy atom. The predicted molar refractivity (Wildman–Crippen MR) is 67.9 cm³/mol. The van der Waals surface area contributed by atoms with E-state index in [2.05, 4.69) is 20.0 Å². The van der Waals surface area contributed by atoms with E-state index in [1.54, 1.807) is 30.3 Å². The van der Waals surface area contributed by atoms with E-state index in [1.165, 1.54) is 10.6 Å². The van der Waals surface area contributed by atoms with Gasteiger partial charge in [-0.25, -0.2) is 0 Å². The summed E-state index contributed by atoms with van der Waals surface area (Å²) in [5.74, 6) is 0.275. The minimum absolute atomic E-state index is 0.00132. The molecule has 0 saturated heterocycles. The lowest BCUT2D eigenvalue weighted by Gasteiger charge is -2.08. The number of halogens is 3. The number of alkyl halides is 2. The third-order valence-electron chi connectivity index (χ3n) is 2.57. The average molecular weight is 297 g/mol. The summed E-state index contributed by atoms with van der Waals surface area (Å²) >= 11 is 5.82. The van der Waals surface area contributed by atoms with Crippen molar-refractivity contribution in [2.45, 2.75) is 6.61 Å². The Morgan fingerprint density at radius 3 is 2.70 bits per heavy atom. The summed E-state index contributed by atoms with van der Waals surface area (Å²) in [5, 5.41) is 12.1. The number of fused-ring (bicyclic) bond motifs is 1. The Kier molecular flexibility index (Phi) is 3.19. The maximum atomic E-state index is 12.4. The Morgan fingerprint density at radius 2 is 1.90 bits per heavy atom. The highest BCUT2D eigenvalue weighted by atomic mass is 35.5. The number of ether oxygens (including phenoxy) is 1. The van der Waals surface area contributed by atoms with Gasteiger partial charge in [0.15, 0.2) is 11.5 Å². The monoisotopic (exact) mass is 296 g/mol. The number of aromatic nitrogens is 4. The van der Waals surface area contributed by atoms with Crippen LogP contribution in [-0.4, -0.2) is 26.4 Å². The molecule has 5 nitrogen and oxygen atoms in total. The molecule has 20 heavy (non-hydrogen) atoms. The van der Waals surface area contributed by atoms with Crippen LogP contribution in [0.4, 0.5) is 8.78 Å². The molecule has 1 aromatic carbocycles. The number of nitrogens with zero attached hydrogens (tertiary/aromatic N) is 4. The van der Waals surface area contributed by atoms with Crippen molar-refractivity contribution in [2.24, 2.45) is 0 Å². The van der Waals surface area contributed by atoms with Crippen molar-refractivity contribution >= 4 is 17.2 Å². The second-order valence-corrected chi connectivity index (χ2v) is 4.21. The number of para-hydroxylation sites is 1. The van der Waals surface area contributed by atoms with Gasteiger partial charge in [-0.1, -0.05) is 23.7 Å². The van der Waals surface area contributed by atoms with Crippen molar-refractivity contribution in [3.8, 4) is 17.1 Å². The Bertz CT molecular complexity index is 762. The Balaban J connectivity index is 2.18. The lowest BCUT2D eigenvalue weighted by Crippen LogP contribution is -2.04. The van der Waals surface area contributed by atoms with Gasteiger partial charge in [0.1, 0.15) is 10.9 Å². The smallest absolute Gasteiger partial charge is 0.387 e. The molecule has 0 aliphatic rings. The molecular formula is C12H7ClF2N4O. The van der Waals surface area contributed by atoms with Gasteiger partial charge < -0.3 is 4.74 Å². The van der Waals surface area contributed by atoms with Gasteiger partial charge >= 0.3 is 6.61 Å². The quantitative estimate of drug-likeness (QED) is 0.745. The van der Waals surface area contributed by atoms with Gasteiger partial charge in [0.2, 0.25) is 0 Å². The first-order chi connectivity index (χ1) is 9.65. The van der Waals surface area contributed by atoms with Gasteiger partial charge in [-0.2, -0.15) is 18.4 Å². The topological polar surface area (TPSA) is 52.3 Å². The van der Waals surface area contributed by atoms with Crippen LogP contribution < -0.4 is 4.74 Å². The van der Waals surface area contributed by atoms with Gasteiger partial charge in [0.25, 0.3) is 0 Å². The standard InChI is InChI=1S/C12H7ClF2N4O/c13-9-5-6-10-16-17-11(19(10)18-9)7-3-1-2-4-8(7)20-12(14)15/h1-6,12H. The van der Waals surface area contributed by atoms with Crippen molar-refractivity contribution < 1.29 is 13.5 Å². The summed E-state index contributed by atoms with van der Waals surface area (Å²) in [6.07, 6.45) is 0. The molecule has 3 rings (SSSR count). The van der Waals surface area contributed by atoms with Crippen molar-refractivity contribution in [1.82, 2.24) is 19.8 Å². The van der Waals surface area contributed by atoms with Gasteiger partial charge in [-0.05, 0) is 24.3 Å². The molecule has 0 saturated carbocycles. The predicted octanol–water partition coefficient (Wildman–Crippen LogP) is 3.05. The summed E-state index contributed by atoms with van der Waals surface area (Å²) in [7, 11) is 0. The minimum Gasteiger partial charge on any atom is -0.434 e.